The number of nitrogens with zero attached hydrogens (tertiary/aromatic N) is 5. The molecule has 0 fully saturated rings. The molecule has 0 N–H and O–H groups in total. The van der Waals surface area contributed by atoms with Crippen LogP contribution in [0.1, 0.15) is 25.0 Å². The summed E-state index contributed by atoms with van der Waals surface area (Å²) in [7, 11) is 0. The number of rotatable bonds is 6. The first-order chi connectivity index (χ1) is 33.5. The van der Waals surface area contributed by atoms with E-state index in [0.717, 1.165) is 39.1 Å². The van der Waals surface area contributed by atoms with Crippen LogP contribution >= 0.6 is 11.3 Å². The second kappa shape index (κ2) is 14.8. The van der Waals surface area contributed by atoms with Crippen molar-refractivity contribution >= 4 is 64.2 Å². The smallest absolute Gasteiger partial charge is 0.164 e. The number of benzene rings is 9. The van der Waals surface area contributed by atoms with E-state index in [-0.39, 0.29) is 5.41 Å². The van der Waals surface area contributed by atoms with Crippen molar-refractivity contribution in [1.82, 2.24) is 24.1 Å². The standard InChI is InChI=1S/C62H41N5S/c1-62(2)51-30-14-12-27-48(51)55-54(62)49-34-33-46-50-37-40(44-28-17-29-47-45-26-13-15-31-53(45)68-58(44)47)32-35-52(50)66(56(46)57(49)67(55)42-23-10-5-11-24-42)43-25-16-22-41(36-43)61-64-59(38-18-6-3-7-19-38)63-60(65-61)39-20-8-4-9-21-39/h3-37H,1-2H3. The molecule has 0 aliphatic heterocycles. The van der Waals surface area contributed by atoms with Gasteiger partial charge in [0, 0.05) is 75.4 Å². The van der Waals surface area contributed by atoms with Crippen LogP contribution in [-0.4, -0.2) is 24.1 Å². The summed E-state index contributed by atoms with van der Waals surface area (Å²) in [5.74, 6) is 1.89. The first-order valence-corrected chi connectivity index (χ1v) is 24.0. The molecule has 6 heteroatoms. The number of hydrogen-bond acceptors (Lipinski definition) is 4. The van der Waals surface area contributed by atoms with E-state index in [1.54, 1.807) is 0 Å². The lowest BCUT2D eigenvalue weighted by molar-refractivity contribution is 0.666. The highest BCUT2D eigenvalue weighted by atomic mass is 32.1. The number of aromatic nitrogens is 5. The Bertz CT molecular complexity index is 4100. The summed E-state index contributed by atoms with van der Waals surface area (Å²) in [6.45, 7) is 4.78. The van der Waals surface area contributed by atoms with Crippen molar-refractivity contribution in [3.63, 3.8) is 0 Å². The molecule has 68 heavy (non-hydrogen) atoms. The third kappa shape index (κ3) is 5.71. The van der Waals surface area contributed by atoms with Crippen molar-refractivity contribution in [3.8, 4) is 67.9 Å². The number of hydrogen-bond donors (Lipinski definition) is 0. The minimum Gasteiger partial charge on any atom is -0.307 e. The maximum absolute atomic E-state index is 5.17. The molecule has 0 radical (unpaired) electrons. The molecular formula is C62H41N5S. The summed E-state index contributed by atoms with van der Waals surface area (Å²) in [6.07, 6.45) is 0. The SMILES string of the molecule is CC1(C)c2ccccc2-c2c1c1ccc3c4cc(-c5cccc6c5sc5ccccc56)ccc4n(-c4cccc(-c5nc(-c6ccccc6)nc(-c6ccccc6)n5)c4)c3c1n2-c1ccccc1. The molecule has 4 heterocycles. The van der Waals surface area contributed by atoms with Gasteiger partial charge in [0.2, 0.25) is 0 Å². The number of thiophene rings is 1. The first-order valence-electron chi connectivity index (χ1n) is 23.2. The van der Waals surface area contributed by atoms with Gasteiger partial charge in [-0.15, -0.1) is 11.3 Å². The zero-order valence-electron chi connectivity index (χ0n) is 37.4. The van der Waals surface area contributed by atoms with E-state index >= 15 is 0 Å². The molecule has 1 aliphatic rings. The second-order valence-corrected chi connectivity index (χ2v) is 19.4. The lowest BCUT2D eigenvalue weighted by atomic mass is 9.81. The van der Waals surface area contributed by atoms with Crippen molar-refractivity contribution < 1.29 is 0 Å². The van der Waals surface area contributed by atoms with Gasteiger partial charge in [0.15, 0.2) is 17.5 Å². The quantitative estimate of drug-likeness (QED) is 0.167. The van der Waals surface area contributed by atoms with Crippen LogP contribution in [0.3, 0.4) is 0 Å². The van der Waals surface area contributed by atoms with E-state index in [2.05, 4.69) is 199 Å². The Kier molecular flexibility index (Phi) is 8.43. The summed E-state index contributed by atoms with van der Waals surface area (Å²) in [5.41, 5.74) is 15.9. The van der Waals surface area contributed by atoms with Crippen LogP contribution in [0.5, 0.6) is 0 Å². The fourth-order valence-corrected chi connectivity index (χ4v) is 12.3. The summed E-state index contributed by atoms with van der Waals surface area (Å²) < 4.78 is 7.65. The van der Waals surface area contributed by atoms with Crippen molar-refractivity contribution in [2.24, 2.45) is 0 Å². The number of fused-ring (bicyclic) bond motifs is 12. The highest BCUT2D eigenvalue weighted by Crippen LogP contribution is 2.55. The normalized spacial score (nSPS) is 13.0. The predicted octanol–water partition coefficient (Wildman–Crippen LogP) is 16.3. The summed E-state index contributed by atoms with van der Waals surface area (Å²) >= 11 is 1.88. The first kappa shape index (κ1) is 38.8. The zero-order chi connectivity index (χ0) is 45.1. The molecule has 13 aromatic rings. The zero-order valence-corrected chi connectivity index (χ0v) is 38.2. The third-order valence-electron chi connectivity index (χ3n) is 14.1. The van der Waals surface area contributed by atoms with Gasteiger partial charge in [-0.25, -0.2) is 15.0 Å². The molecule has 320 valence electrons. The Balaban J connectivity index is 1.08. The molecule has 14 rings (SSSR count). The Morgan fingerprint density at radius 2 is 0.971 bits per heavy atom. The number of para-hydroxylation sites is 1. The van der Waals surface area contributed by atoms with Crippen molar-refractivity contribution in [3.05, 3.63) is 223 Å². The van der Waals surface area contributed by atoms with Gasteiger partial charge in [-0.1, -0.05) is 184 Å². The van der Waals surface area contributed by atoms with Gasteiger partial charge in [-0.2, -0.15) is 0 Å². The van der Waals surface area contributed by atoms with E-state index in [1.807, 2.05) is 47.7 Å². The lowest BCUT2D eigenvalue weighted by Gasteiger charge is -2.21. The monoisotopic (exact) mass is 887 g/mol. The van der Waals surface area contributed by atoms with E-state index in [1.165, 1.54) is 75.4 Å². The fraction of sp³-hybridized carbons (Fsp3) is 0.0484. The Morgan fingerprint density at radius 1 is 0.397 bits per heavy atom. The molecule has 0 saturated carbocycles. The van der Waals surface area contributed by atoms with Gasteiger partial charge in [0.25, 0.3) is 0 Å². The van der Waals surface area contributed by atoms with Crippen molar-refractivity contribution in [1.29, 1.82) is 0 Å². The molecule has 5 nitrogen and oxygen atoms in total. The van der Waals surface area contributed by atoms with Crippen LogP contribution in [0.25, 0.3) is 121 Å². The van der Waals surface area contributed by atoms with Crippen molar-refractivity contribution in [2.45, 2.75) is 19.3 Å². The predicted molar refractivity (Wildman–Crippen MR) is 283 cm³/mol. The molecule has 0 bridgehead atoms. The summed E-state index contributed by atoms with van der Waals surface area (Å²) in [5, 5.41) is 6.25. The summed E-state index contributed by atoms with van der Waals surface area (Å²) in [4.78, 5) is 15.4. The minimum absolute atomic E-state index is 0.226. The molecular weight excluding hydrogens is 847 g/mol. The Hall–Kier alpha value is -8.45. The Morgan fingerprint density at radius 3 is 1.74 bits per heavy atom. The van der Waals surface area contributed by atoms with Gasteiger partial charge >= 0.3 is 0 Å². The Labute approximate surface area is 396 Å². The maximum atomic E-state index is 5.17. The highest BCUT2D eigenvalue weighted by molar-refractivity contribution is 7.26. The second-order valence-electron chi connectivity index (χ2n) is 18.4. The average Bonchev–Trinajstić information content (AvgIpc) is 4.12. The highest BCUT2D eigenvalue weighted by Gasteiger charge is 2.41. The molecule has 0 amide bonds. The third-order valence-corrected chi connectivity index (χ3v) is 15.3. The summed E-state index contributed by atoms with van der Waals surface area (Å²) in [6, 6.07) is 76.4. The van der Waals surface area contributed by atoms with Gasteiger partial charge in [0.05, 0.1) is 22.2 Å². The molecule has 0 spiro atoms. The maximum Gasteiger partial charge on any atom is 0.164 e. The van der Waals surface area contributed by atoms with Crippen LogP contribution in [0.2, 0.25) is 0 Å². The van der Waals surface area contributed by atoms with E-state index in [9.17, 15) is 0 Å². The van der Waals surface area contributed by atoms with Crippen LogP contribution in [0, 0.1) is 0 Å². The molecule has 0 saturated heterocycles. The molecule has 0 atom stereocenters. The van der Waals surface area contributed by atoms with E-state index in [4.69, 9.17) is 15.0 Å². The fourth-order valence-electron chi connectivity index (χ4n) is 11.1. The van der Waals surface area contributed by atoms with Gasteiger partial charge < -0.3 is 9.13 Å². The minimum atomic E-state index is -0.226. The molecule has 9 aromatic carbocycles. The van der Waals surface area contributed by atoms with E-state index in [0.29, 0.717) is 17.5 Å². The van der Waals surface area contributed by atoms with Crippen LogP contribution < -0.4 is 0 Å². The topological polar surface area (TPSA) is 48.5 Å². The average molecular weight is 888 g/mol. The van der Waals surface area contributed by atoms with Gasteiger partial charge in [-0.05, 0) is 64.7 Å². The van der Waals surface area contributed by atoms with Gasteiger partial charge in [-0.3, -0.25) is 0 Å². The van der Waals surface area contributed by atoms with Crippen molar-refractivity contribution in [2.75, 3.05) is 0 Å². The van der Waals surface area contributed by atoms with Crippen LogP contribution in [0.15, 0.2) is 212 Å². The van der Waals surface area contributed by atoms with Gasteiger partial charge in [0.1, 0.15) is 0 Å². The lowest BCUT2D eigenvalue weighted by Crippen LogP contribution is -2.14. The molecule has 0 unspecified atom stereocenters. The molecule has 1 aliphatic carbocycles. The largest absolute Gasteiger partial charge is 0.307 e. The van der Waals surface area contributed by atoms with Crippen LogP contribution in [-0.2, 0) is 5.41 Å². The molecule has 4 aromatic heterocycles. The van der Waals surface area contributed by atoms with E-state index < -0.39 is 0 Å². The van der Waals surface area contributed by atoms with Crippen LogP contribution in [0.4, 0.5) is 0 Å².